The minimum Gasteiger partial charge on any atom is -0.492 e. The maximum Gasteiger partial charge on any atom is 0.145 e. The Morgan fingerprint density at radius 1 is 1.58 bits per heavy atom. The van der Waals surface area contributed by atoms with Gasteiger partial charge in [-0.2, -0.15) is 0 Å². The Kier molecular flexibility index (Phi) is 4.20. The fourth-order valence-electron chi connectivity index (χ4n) is 1.81. The molecule has 3 N–H and O–H groups in total. The molecule has 1 aromatic rings. The lowest BCUT2D eigenvalue weighted by Crippen LogP contribution is -2.22. The van der Waals surface area contributed by atoms with Gasteiger partial charge in [0.25, 0.3) is 0 Å². The highest BCUT2D eigenvalue weighted by Crippen LogP contribution is 2.49. The molecule has 104 valence electrons. The predicted molar refractivity (Wildman–Crippen MR) is 74.3 cm³/mol. The van der Waals surface area contributed by atoms with Crippen LogP contribution in [0.2, 0.25) is 5.02 Å². The summed E-state index contributed by atoms with van der Waals surface area (Å²) >= 11 is 8.92. The first kappa shape index (κ1) is 14.4. The van der Waals surface area contributed by atoms with Crippen molar-refractivity contribution in [3.63, 3.8) is 0 Å². The van der Waals surface area contributed by atoms with Crippen LogP contribution < -0.4 is 10.5 Å². The lowest BCUT2D eigenvalue weighted by molar-refractivity contribution is 0.234. The molecular formula is C12H13BrClFN2O2. The number of oxime groups is 1. The van der Waals surface area contributed by atoms with E-state index in [4.69, 9.17) is 27.3 Å². The minimum absolute atomic E-state index is 0.0389. The van der Waals surface area contributed by atoms with Crippen molar-refractivity contribution in [2.75, 3.05) is 6.61 Å². The van der Waals surface area contributed by atoms with E-state index in [0.717, 1.165) is 12.8 Å². The van der Waals surface area contributed by atoms with Gasteiger partial charge in [0.05, 0.1) is 16.1 Å². The van der Waals surface area contributed by atoms with Crippen LogP contribution in [0.5, 0.6) is 5.75 Å². The smallest absolute Gasteiger partial charge is 0.145 e. The Morgan fingerprint density at radius 3 is 2.84 bits per heavy atom. The summed E-state index contributed by atoms with van der Waals surface area (Å²) < 4.78 is 19.6. The van der Waals surface area contributed by atoms with Crippen molar-refractivity contribution in [1.82, 2.24) is 0 Å². The first-order valence-corrected chi connectivity index (χ1v) is 6.87. The molecule has 1 fully saturated rings. The van der Waals surface area contributed by atoms with Gasteiger partial charge in [0.1, 0.15) is 17.4 Å². The second-order valence-electron chi connectivity index (χ2n) is 4.75. The average Bonchev–Trinajstić information content (AvgIpc) is 3.12. The van der Waals surface area contributed by atoms with Crippen LogP contribution in [0.1, 0.15) is 19.3 Å². The Labute approximate surface area is 123 Å². The van der Waals surface area contributed by atoms with Crippen LogP contribution in [0.4, 0.5) is 4.39 Å². The van der Waals surface area contributed by atoms with E-state index >= 15 is 0 Å². The van der Waals surface area contributed by atoms with Gasteiger partial charge in [-0.1, -0.05) is 16.8 Å². The molecule has 19 heavy (non-hydrogen) atoms. The van der Waals surface area contributed by atoms with E-state index in [-0.39, 0.29) is 16.3 Å². The Morgan fingerprint density at radius 2 is 2.26 bits per heavy atom. The molecule has 0 radical (unpaired) electrons. The third-order valence-electron chi connectivity index (χ3n) is 3.15. The second-order valence-corrected chi connectivity index (χ2v) is 6.02. The van der Waals surface area contributed by atoms with Gasteiger partial charge in [0, 0.05) is 17.9 Å². The van der Waals surface area contributed by atoms with Crippen molar-refractivity contribution in [3.8, 4) is 5.75 Å². The van der Waals surface area contributed by atoms with Crippen LogP contribution in [-0.4, -0.2) is 17.6 Å². The predicted octanol–water partition coefficient (Wildman–Crippen LogP) is 3.54. The molecule has 0 bridgehead atoms. The van der Waals surface area contributed by atoms with Gasteiger partial charge in [0.2, 0.25) is 0 Å². The highest BCUT2D eigenvalue weighted by Gasteiger charge is 2.44. The minimum atomic E-state index is -0.527. The highest BCUT2D eigenvalue weighted by molar-refractivity contribution is 9.10. The zero-order valence-corrected chi connectivity index (χ0v) is 12.3. The number of halogens is 3. The van der Waals surface area contributed by atoms with E-state index in [1.54, 1.807) is 0 Å². The first-order chi connectivity index (χ1) is 8.96. The normalized spacial score (nSPS) is 17.3. The topological polar surface area (TPSA) is 67.8 Å². The van der Waals surface area contributed by atoms with Crippen molar-refractivity contribution >= 4 is 33.4 Å². The van der Waals surface area contributed by atoms with Gasteiger partial charge in [0.15, 0.2) is 0 Å². The molecule has 0 unspecified atom stereocenters. The van der Waals surface area contributed by atoms with E-state index in [2.05, 4.69) is 21.1 Å². The summed E-state index contributed by atoms with van der Waals surface area (Å²) in [4.78, 5) is 0. The lowest BCUT2D eigenvalue weighted by atomic mass is 10.0. The largest absolute Gasteiger partial charge is 0.492 e. The van der Waals surface area contributed by atoms with Crippen molar-refractivity contribution in [1.29, 1.82) is 0 Å². The summed E-state index contributed by atoms with van der Waals surface area (Å²) in [6, 6.07) is 2.70. The summed E-state index contributed by atoms with van der Waals surface area (Å²) in [6.07, 6.45) is 2.35. The number of rotatable bonds is 5. The number of ether oxygens (including phenoxy) is 1. The molecule has 0 atom stereocenters. The number of nitrogens with zero attached hydrogens (tertiary/aromatic N) is 1. The zero-order chi connectivity index (χ0) is 14.0. The molecular weight excluding hydrogens is 338 g/mol. The van der Waals surface area contributed by atoms with E-state index in [1.807, 2.05) is 0 Å². The molecule has 0 amide bonds. The van der Waals surface area contributed by atoms with Crippen LogP contribution in [0.15, 0.2) is 21.8 Å². The van der Waals surface area contributed by atoms with Gasteiger partial charge in [-0.25, -0.2) is 4.39 Å². The molecule has 1 saturated carbocycles. The number of amidine groups is 1. The standard InChI is InChI=1S/C12H13BrClFN2O2/c13-7-3-8(14)9(15)4-10(7)19-6-12(1-2-12)5-11(16)17-18/h3-4,18H,1-2,5-6H2,(H2,16,17). The quantitative estimate of drug-likeness (QED) is 0.280. The molecule has 0 aromatic heterocycles. The molecule has 0 spiro atoms. The third kappa shape index (κ3) is 3.51. The molecule has 2 rings (SSSR count). The van der Waals surface area contributed by atoms with Crippen LogP contribution in [0.25, 0.3) is 0 Å². The maximum atomic E-state index is 13.4. The van der Waals surface area contributed by atoms with Crippen LogP contribution in [-0.2, 0) is 0 Å². The monoisotopic (exact) mass is 350 g/mol. The number of benzene rings is 1. The van der Waals surface area contributed by atoms with E-state index in [1.165, 1.54) is 12.1 Å². The van der Waals surface area contributed by atoms with Crippen LogP contribution >= 0.6 is 27.5 Å². The van der Waals surface area contributed by atoms with E-state index in [9.17, 15) is 4.39 Å². The first-order valence-electron chi connectivity index (χ1n) is 5.69. The fourth-order valence-corrected chi connectivity index (χ4v) is 2.57. The van der Waals surface area contributed by atoms with Gasteiger partial charge in [-0.05, 0) is 34.8 Å². The van der Waals surface area contributed by atoms with Gasteiger partial charge >= 0.3 is 0 Å². The Balaban J connectivity index is 2.01. The molecule has 7 heteroatoms. The van der Waals surface area contributed by atoms with Gasteiger partial charge in [-0.3, -0.25) is 0 Å². The lowest BCUT2D eigenvalue weighted by Gasteiger charge is -2.16. The molecule has 0 aliphatic heterocycles. The average molecular weight is 352 g/mol. The second kappa shape index (κ2) is 5.54. The fraction of sp³-hybridized carbons (Fsp3) is 0.417. The highest BCUT2D eigenvalue weighted by atomic mass is 79.9. The SMILES string of the molecule is N/C(CC1(COc2cc(F)c(Cl)cc2Br)CC1)=N/O. The maximum absolute atomic E-state index is 13.4. The van der Waals surface area contributed by atoms with Gasteiger partial charge < -0.3 is 15.7 Å². The molecule has 1 aliphatic carbocycles. The number of hydrogen-bond acceptors (Lipinski definition) is 3. The van der Waals surface area contributed by atoms with Crippen molar-refractivity contribution in [2.24, 2.45) is 16.3 Å². The molecule has 1 aromatic carbocycles. The molecule has 0 saturated heterocycles. The van der Waals surface area contributed by atoms with Crippen molar-refractivity contribution in [3.05, 3.63) is 27.4 Å². The number of hydrogen-bond donors (Lipinski definition) is 2. The summed E-state index contributed by atoms with van der Waals surface area (Å²) in [6.45, 7) is 0.392. The summed E-state index contributed by atoms with van der Waals surface area (Å²) in [5.74, 6) is 0.0521. The van der Waals surface area contributed by atoms with Crippen LogP contribution in [0, 0.1) is 11.2 Å². The van der Waals surface area contributed by atoms with Crippen molar-refractivity contribution < 1.29 is 14.3 Å². The zero-order valence-electron chi connectivity index (χ0n) is 10.00. The van der Waals surface area contributed by atoms with Gasteiger partial charge in [-0.15, -0.1) is 0 Å². The Bertz CT molecular complexity index is 521. The number of nitrogens with two attached hydrogens (primary N) is 1. The Hall–Kier alpha value is -1.01. The summed E-state index contributed by atoms with van der Waals surface area (Å²) in [5.41, 5.74) is 5.39. The van der Waals surface area contributed by atoms with Crippen molar-refractivity contribution in [2.45, 2.75) is 19.3 Å². The van der Waals surface area contributed by atoms with E-state index < -0.39 is 5.82 Å². The summed E-state index contributed by atoms with van der Waals surface area (Å²) in [5, 5.41) is 11.6. The van der Waals surface area contributed by atoms with E-state index in [0.29, 0.717) is 23.2 Å². The third-order valence-corrected chi connectivity index (χ3v) is 4.06. The van der Waals surface area contributed by atoms with Crippen LogP contribution in [0.3, 0.4) is 0 Å². The molecule has 0 heterocycles. The molecule has 1 aliphatic rings. The molecule has 4 nitrogen and oxygen atoms in total. The summed E-state index contributed by atoms with van der Waals surface area (Å²) in [7, 11) is 0.